The molecule has 2 aromatic carbocycles. The largest absolute Gasteiger partial charge is 0.461 e. The average molecular weight is 366 g/mol. The van der Waals surface area contributed by atoms with Crippen molar-refractivity contribution in [2.75, 3.05) is 6.54 Å². The third-order valence-corrected chi connectivity index (χ3v) is 4.38. The van der Waals surface area contributed by atoms with Gasteiger partial charge >= 0.3 is 5.97 Å². The number of carbonyl (C=O) groups is 3. The van der Waals surface area contributed by atoms with E-state index >= 15 is 0 Å². The predicted molar refractivity (Wildman–Crippen MR) is 99.3 cm³/mol. The van der Waals surface area contributed by atoms with Crippen LogP contribution in [0, 0.1) is 0 Å². The molecule has 0 bridgehead atoms. The van der Waals surface area contributed by atoms with Crippen molar-refractivity contribution in [1.29, 1.82) is 0 Å². The lowest BCUT2D eigenvalue weighted by atomic mass is 10.1. The molecule has 0 aromatic heterocycles. The van der Waals surface area contributed by atoms with Gasteiger partial charge in [0.1, 0.15) is 12.6 Å². The number of ether oxygens (including phenoxy) is 1. The molecule has 0 unspecified atom stereocenters. The highest BCUT2D eigenvalue weighted by Crippen LogP contribution is 2.13. The van der Waals surface area contributed by atoms with Crippen LogP contribution in [0.3, 0.4) is 0 Å². The van der Waals surface area contributed by atoms with Crippen molar-refractivity contribution in [3.05, 3.63) is 71.8 Å². The van der Waals surface area contributed by atoms with Crippen molar-refractivity contribution in [2.45, 2.75) is 32.0 Å². The predicted octanol–water partition coefficient (Wildman–Crippen LogP) is 2.04. The summed E-state index contributed by atoms with van der Waals surface area (Å²) in [4.78, 5) is 38.1. The van der Waals surface area contributed by atoms with Gasteiger partial charge < -0.3 is 15.0 Å². The molecule has 0 spiro atoms. The molecule has 1 atom stereocenters. The Morgan fingerprint density at radius 2 is 1.63 bits per heavy atom. The Kier molecular flexibility index (Phi) is 6.20. The molecule has 6 nitrogen and oxygen atoms in total. The van der Waals surface area contributed by atoms with Crippen molar-refractivity contribution in [1.82, 2.24) is 10.2 Å². The van der Waals surface area contributed by atoms with Crippen LogP contribution in [0.4, 0.5) is 0 Å². The van der Waals surface area contributed by atoms with E-state index in [1.807, 2.05) is 60.7 Å². The molecule has 1 saturated heterocycles. The van der Waals surface area contributed by atoms with Crippen LogP contribution in [0.2, 0.25) is 0 Å². The Morgan fingerprint density at radius 1 is 1.00 bits per heavy atom. The van der Waals surface area contributed by atoms with Gasteiger partial charge in [-0.3, -0.25) is 14.4 Å². The molecule has 3 rings (SSSR count). The maximum Gasteiger partial charge on any atom is 0.306 e. The maximum atomic E-state index is 12.6. The van der Waals surface area contributed by atoms with Crippen molar-refractivity contribution in [3.63, 3.8) is 0 Å². The summed E-state index contributed by atoms with van der Waals surface area (Å²) in [6.07, 6.45) is 0.298. The molecule has 1 aliphatic rings. The van der Waals surface area contributed by atoms with Crippen LogP contribution in [-0.2, 0) is 32.3 Å². The van der Waals surface area contributed by atoms with Crippen molar-refractivity contribution < 1.29 is 19.1 Å². The molecule has 0 aliphatic carbocycles. The van der Waals surface area contributed by atoms with E-state index in [1.165, 1.54) is 4.90 Å². The fraction of sp³-hybridized carbons (Fsp3) is 0.286. The monoisotopic (exact) mass is 366 g/mol. The number of hydrogen-bond donors (Lipinski definition) is 1. The third-order valence-electron chi connectivity index (χ3n) is 4.38. The van der Waals surface area contributed by atoms with Gasteiger partial charge in [-0.05, 0) is 17.5 Å². The molecule has 2 amide bonds. The normalized spacial score (nSPS) is 16.7. The second kappa shape index (κ2) is 8.98. The average Bonchev–Trinajstić information content (AvgIpc) is 2.69. The Bertz CT molecular complexity index is 792. The second-order valence-electron chi connectivity index (χ2n) is 6.48. The lowest BCUT2D eigenvalue weighted by Crippen LogP contribution is -2.57. The van der Waals surface area contributed by atoms with Gasteiger partial charge in [0.25, 0.3) is 0 Å². The van der Waals surface area contributed by atoms with E-state index in [2.05, 4.69) is 5.32 Å². The number of esters is 1. The lowest BCUT2D eigenvalue weighted by molar-refractivity contribution is -0.148. The summed E-state index contributed by atoms with van der Waals surface area (Å²) in [5, 5.41) is 2.67. The highest BCUT2D eigenvalue weighted by atomic mass is 16.5. The van der Waals surface area contributed by atoms with Gasteiger partial charge in [0.05, 0.1) is 6.54 Å². The van der Waals surface area contributed by atoms with Crippen molar-refractivity contribution in [2.24, 2.45) is 0 Å². The van der Waals surface area contributed by atoms with Crippen LogP contribution in [0.1, 0.15) is 24.0 Å². The molecule has 140 valence electrons. The summed E-state index contributed by atoms with van der Waals surface area (Å²) in [6, 6.07) is 18.2. The number of carbonyl (C=O) groups excluding carboxylic acids is 3. The molecule has 27 heavy (non-hydrogen) atoms. The fourth-order valence-corrected chi connectivity index (χ4v) is 2.98. The highest BCUT2D eigenvalue weighted by molar-refractivity contribution is 5.95. The number of rotatable bonds is 7. The number of piperazine rings is 1. The molecule has 0 saturated carbocycles. The molecule has 2 aromatic rings. The zero-order valence-corrected chi connectivity index (χ0v) is 15.0. The maximum absolute atomic E-state index is 12.6. The second-order valence-corrected chi connectivity index (χ2v) is 6.48. The first-order valence-corrected chi connectivity index (χ1v) is 8.93. The molecular weight excluding hydrogens is 344 g/mol. The standard InChI is InChI=1S/C21H22N2O4/c24-19-14-23(13-16-7-3-1-4-8-16)21(26)18(22-19)11-12-20(25)27-15-17-9-5-2-6-10-17/h1-10,18H,11-15H2,(H,22,24)/t18-/m0/s1. The SMILES string of the molecule is O=C1CN(Cc2ccccc2)C(=O)[C@H](CCC(=O)OCc2ccccc2)N1. The first-order chi connectivity index (χ1) is 13.1. The summed E-state index contributed by atoms with van der Waals surface area (Å²) in [6.45, 7) is 0.607. The van der Waals surface area contributed by atoms with E-state index < -0.39 is 6.04 Å². The Balaban J connectivity index is 1.50. The van der Waals surface area contributed by atoms with E-state index in [4.69, 9.17) is 4.74 Å². The lowest BCUT2D eigenvalue weighted by Gasteiger charge is -2.32. The van der Waals surface area contributed by atoms with Gasteiger partial charge in [-0.2, -0.15) is 0 Å². The Hall–Kier alpha value is -3.15. The number of nitrogens with zero attached hydrogens (tertiary/aromatic N) is 1. The van der Waals surface area contributed by atoms with Gasteiger partial charge in [0.2, 0.25) is 11.8 Å². The summed E-state index contributed by atoms with van der Waals surface area (Å²) < 4.78 is 5.23. The van der Waals surface area contributed by atoms with Crippen molar-refractivity contribution >= 4 is 17.8 Å². The minimum atomic E-state index is -0.695. The summed E-state index contributed by atoms with van der Waals surface area (Å²) in [5.74, 6) is -0.774. The zero-order valence-electron chi connectivity index (χ0n) is 15.0. The summed E-state index contributed by atoms with van der Waals surface area (Å²) in [5.41, 5.74) is 1.86. The topological polar surface area (TPSA) is 75.7 Å². The van der Waals surface area contributed by atoms with Gasteiger partial charge in [-0.25, -0.2) is 0 Å². The van der Waals surface area contributed by atoms with E-state index in [0.717, 1.165) is 11.1 Å². The molecule has 1 heterocycles. The minimum Gasteiger partial charge on any atom is -0.461 e. The molecule has 6 heteroatoms. The van der Waals surface area contributed by atoms with Crippen LogP contribution in [0.5, 0.6) is 0 Å². The van der Waals surface area contributed by atoms with Gasteiger partial charge in [0.15, 0.2) is 0 Å². The molecular formula is C21H22N2O4. The first-order valence-electron chi connectivity index (χ1n) is 8.93. The van der Waals surface area contributed by atoms with Crippen LogP contribution in [-0.4, -0.2) is 35.3 Å². The van der Waals surface area contributed by atoms with Crippen LogP contribution in [0.15, 0.2) is 60.7 Å². The molecule has 0 radical (unpaired) electrons. The van der Waals surface area contributed by atoms with E-state index in [9.17, 15) is 14.4 Å². The number of benzene rings is 2. The quantitative estimate of drug-likeness (QED) is 0.761. The number of nitrogens with one attached hydrogen (secondary N) is 1. The smallest absolute Gasteiger partial charge is 0.306 e. The van der Waals surface area contributed by atoms with Gasteiger partial charge in [0, 0.05) is 13.0 Å². The third kappa shape index (κ3) is 5.41. The summed E-state index contributed by atoms with van der Waals surface area (Å²) in [7, 11) is 0. The van der Waals surface area contributed by atoms with E-state index in [1.54, 1.807) is 0 Å². The van der Waals surface area contributed by atoms with Crippen LogP contribution >= 0.6 is 0 Å². The fourth-order valence-electron chi connectivity index (χ4n) is 2.98. The number of amides is 2. The van der Waals surface area contributed by atoms with Crippen LogP contribution < -0.4 is 5.32 Å². The first kappa shape index (κ1) is 18.6. The molecule has 1 N–H and O–H groups in total. The van der Waals surface area contributed by atoms with Crippen molar-refractivity contribution in [3.8, 4) is 0 Å². The molecule has 1 aliphatic heterocycles. The zero-order chi connectivity index (χ0) is 19.1. The Morgan fingerprint density at radius 3 is 2.30 bits per heavy atom. The van der Waals surface area contributed by atoms with E-state index in [0.29, 0.717) is 6.54 Å². The van der Waals surface area contributed by atoms with Gasteiger partial charge in [-0.1, -0.05) is 60.7 Å². The van der Waals surface area contributed by atoms with Crippen LogP contribution in [0.25, 0.3) is 0 Å². The minimum absolute atomic E-state index is 0.0304. The highest BCUT2D eigenvalue weighted by Gasteiger charge is 2.32. The Labute approximate surface area is 158 Å². The molecule has 1 fully saturated rings. The van der Waals surface area contributed by atoms with Gasteiger partial charge in [-0.15, -0.1) is 0 Å². The summed E-state index contributed by atoms with van der Waals surface area (Å²) >= 11 is 0. The van der Waals surface area contributed by atoms with E-state index in [-0.39, 0.29) is 43.8 Å². The number of hydrogen-bond acceptors (Lipinski definition) is 4.